The van der Waals surface area contributed by atoms with E-state index in [-0.39, 0.29) is 0 Å². The van der Waals surface area contributed by atoms with Crippen LogP contribution in [0.1, 0.15) is 24.9 Å². The summed E-state index contributed by atoms with van der Waals surface area (Å²) in [6, 6.07) is 7.69. The molecule has 1 aromatic carbocycles. The number of nitrogens with zero attached hydrogens (tertiary/aromatic N) is 3. The molecule has 98 valence electrons. The van der Waals surface area contributed by atoms with Crippen molar-refractivity contribution in [1.82, 2.24) is 14.7 Å². The first-order valence-electron chi connectivity index (χ1n) is 6.42. The van der Waals surface area contributed by atoms with Gasteiger partial charge >= 0.3 is 0 Å². The van der Waals surface area contributed by atoms with Crippen molar-refractivity contribution in [1.29, 1.82) is 0 Å². The number of aromatic nitrogens is 3. The average molecular weight is 256 g/mol. The van der Waals surface area contributed by atoms with Crippen molar-refractivity contribution in [3.05, 3.63) is 42.0 Å². The van der Waals surface area contributed by atoms with Crippen molar-refractivity contribution in [2.75, 3.05) is 5.73 Å². The number of aryl methyl sites for hydroxylation is 1. The van der Waals surface area contributed by atoms with Crippen molar-refractivity contribution < 1.29 is 4.52 Å². The third-order valence-corrected chi connectivity index (χ3v) is 3.13. The highest BCUT2D eigenvalue weighted by Crippen LogP contribution is 2.21. The van der Waals surface area contributed by atoms with E-state index >= 15 is 0 Å². The van der Waals surface area contributed by atoms with Gasteiger partial charge in [0.05, 0.1) is 23.8 Å². The molecule has 3 rings (SSSR count). The Morgan fingerprint density at radius 3 is 2.95 bits per heavy atom. The highest BCUT2D eigenvalue weighted by atomic mass is 16.5. The number of fused-ring (bicyclic) bond motifs is 1. The lowest BCUT2D eigenvalue weighted by atomic mass is 10.3. The van der Waals surface area contributed by atoms with Crippen LogP contribution in [0.25, 0.3) is 11.0 Å². The molecule has 0 saturated heterocycles. The molecule has 2 N–H and O–H groups in total. The largest absolute Gasteiger partial charge is 0.399 e. The standard InChI is InChI=1S/C14H16N4O/c1-2-3-14-17-12-8-10(15)4-5-13(12)18(14)9-11-6-7-16-19-11/h4-8H,2-3,9,15H2,1H3. The van der Waals surface area contributed by atoms with Crippen LogP contribution in [-0.4, -0.2) is 14.7 Å². The highest BCUT2D eigenvalue weighted by Gasteiger charge is 2.12. The van der Waals surface area contributed by atoms with E-state index in [1.54, 1.807) is 6.20 Å². The number of imidazole rings is 1. The van der Waals surface area contributed by atoms with E-state index in [1.165, 1.54) is 0 Å². The summed E-state index contributed by atoms with van der Waals surface area (Å²) < 4.78 is 7.35. The monoisotopic (exact) mass is 256 g/mol. The van der Waals surface area contributed by atoms with E-state index in [0.29, 0.717) is 6.54 Å². The Labute approximate surface area is 111 Å². The highest BCUT2D eigenvalue weighted by molar-refractivity contribution is 5.79. The third-order valence-electron chi connectivity index (χ3n) is 3.13. The van der Waals surface area contributed by atoms with Crippen LogP contribution in [0.4, 0.5) is 5.69 Å². The van der Waals surface area contributed by atoms with E-state index in [0.717, 1.165) is 41.1 Å². The van der Waals surface area contributed by atoms with Crippen LogP contribution in [0.3, 0.4) is 0 Å². The topological polar surface area (TPSA) is 69.9 Å². The molecule has 5 heteroatoms. The third kappa shape index (κ3) is 2.19. The van der Waals surface area contributed by atoms with Gasteiger partial charge in [-0.3, -0.25) is 0 Å². The van der Waals surface area contributed by atoms with Gasteiger partial charge in [-0.05, 0) is 24.6 Å². The lowest BCUT2D eigenvalue weighted by molar-refractivity contribution is 0.376. The zero-order valence-electron chi connectivity index (χ0n) is 10.8. The second-order valence-electron chi connectivity index (χ2n) is 4.59. The first kappa shape index (κ1) is 11.8. The van der Waals surface area contributed by atoms with E-state index < -0.39 is 0 Å². The van der Waals surface area contributed by atoms with Crippen molar-refractivity contribution >= 4 is 16.7 Å². The van der Waals surface area contributed by atoms with Crippen molar-refractivity contribution in [3.63, 3.8) is 0 Å². The maximum atomic E-state index is 5.82. The molecule has 0 bridgehead atoms. The van der Waals surface area contributed by atoms with Gasteiger partial charge in [0, 0.05) is 18.2 Å². The molecule has 5 nitrogen and oxygen atoms in total. The number of rotatable bonds is 4. The van der Waals surface area contributed by atoms with Gasteiger partial charge in [0.2, 0.25) is 0 Å². The molecular formula is C14H16N4O. The summed E-state index contributed by atoms with van der Waals surface area (Å²) in [5, 5.41) is 3.74. The normalized spacial score (nSPS) is 11.2. The quantitative estimate of drug-likeness (QED) is 0.728. The summed E-state index contributed by atoms with van der Waals surface area (Å²) in [5.74, 6) is 1.88. The summed E-state index contributed by atoms with van der Waals surface area (Å²) >= 11 is 0. The zero-order valence-corrected chi connectivity index (χ0v) is 10.8. The summed E-state index contributed by atoms with van der Waals surface area (Å²) in [4.78, 5) is 4.66. The van der Waals surface area contributed by atoms with Gasteiger partial charge < -0.3 is 14.8 Å². The molecule has 2 heterocycles. The van der Waals surface area contributed by atoms with E-state index in [2.05, 4.69) is 21.6 Å². The zero-order chi connectivity index (χ0) is 13.2. The predicted molar refractivity (Wildman–Crippen MR) is 73.7 cm³/mol. The Kier molecular flexibility index (Phi) is 2.95. The molecule has 0 aliphatic carbocycles. The molecule has 0 amide bonds. The fourth-order valence-corrected chi connectivity index (χ4v) is 2.27. The molecule has 0 atom stereocenters. The van der Waals surface area contributed by atoms with Crippen LogP contribution < -0.4 is 5.73 Å². The molecule has 0 unspecified atom stereocenters. The van der Waals surface area contributed by atoms with Crippen LogP contribution in [0.15, 0.2) is 35.0 Å². The van der Waals surface area contributed by atoms with Crippen LogP contribution in [0.5, 0.6) is 0 Å². The minimum absolute atomic E-state index is 0.649. The van der Waals surface area contributed by atoms with E-state index in [9.17, 15) is 0 Å². The number of hydrogen-bond acceptors (Lipinski definition) is 4. The molecular weight excluding hydrogens is 240 g/mol. The van der Waals surface area contributed by atoms with Gasteiger partial charge in [-0.15, -0.1) is 0 Å². The Morgan fingerprint density at radius 1 is 1.32 bits per heavy atom. The Balaban J connectivity index is 2.10. The molecule has 0 aliphatic rings. The van der Waals surface area contributed by atoms with Gasteiger partial charge in [0.1, 0.15) is 5.82 Å². The van der Waals surface area contributed by atoms with Gasteiger partial charge in [0.15, 0.2) is 5.76 Å². The van der Waals surface area contributed by atoms with Gasteiger partial charge in [0.25, 0.3) is 0 Å². The second-order valence-corrected chi connectivity index (χ2v) is 4.59. The van der Waals surface area contributed by atoms with Crippen LogP contribution >= 0.6 is 0 Å². The Bertz CT molecular complexity index is 685. The number of nitrogens with two attached hydrogens (primary N) is 1. The minimum Gasteiger partial charge on any atom is -0.399 e. The molecule has 0 fully saturated rings. The number of hydrogen-bond donors (Lipinski definition) is 1. The fourth-order valence-electron chi connectivity index (χ4n) is 2.27. The molecule has 19 heavy (non-hydrogen) atoms. The molecule has 3 aromatic rings. The maximum Gasteiger partial charge on any atom is 0.156 e. The molecule has 0 aliphatic heterocycles. The molecule has 0 spiro atoms. The van der Waals surface area contributed by atoms with Crippen LogP contribution in [0, 0.1) is 0 Å². The predicted octanol–water partition coefficient (Wildman–Crippen LogP) is 2.61. The minimum atomic E-state index is 0.649. The van der Waals surface area contributed by atoms with Crippen LogP contribution in [0.2, 0.25) is 0 Å². The first-order valence-corrected chi connectivity index (χ1v) is 6.42. The fraction of sp³-hybridized carbons (Fsp3) is 0.286. The van der Waals surface area contributed by atoms with Gasteiger partial charge in [-0.25, -0.2) is 4.98 Å². The van der Waals surface area contributed by atoms with Crippen molar-refractivity contribution in [2.45, 2.75) is 26.3 Å². The van der Waals surface area contributed by atoms with Gasteiger partial charge in [-0.1, -0.05) is 12.1 Å². The van der Waals surface area contributed by atoms with E-state index in [1.807, 2.05) is 24.3 Å². The maximum absolute atomic E-state index is 5.82. The summed E-state index contributed by atoms with van der Waals surface area (Å²) in [6.45, 7) is 2.79. The Hall–Kier alpha value is -2.30. The Morgan fingerprint density at radius 2 is 2.21 bits per heavy atom. The van der Waals surface area contributed by atoms with Crippen LogP contribution in [-0.2, 0) is 13.0 Å². The van der Waals surface area contributed by atoms with E-state index in [4.69, 9.17) is 10.3 Å². The van der Waals surface area contributed by atoms with Crippen molar-refractivity contribution in [3.8, 4) is 0 Å². The second kappa shape index (κ2) is 4.76. The van der Waals surface area contributed by atoms with Crippen molar-refractivity contribution in [2.24, 2.45) is 0 Å². The smallest absolute Gasteiger partial charge is 0.156 e. The molecule has 0 saturated carbocycles. The SMILES string of the molecule is CCCc1nc2cc(N)ccc2n1Cc1ccno1. The molecule has 2 aromatic heterocycles. The lowest BCUT2D eigenvalue weighted by Gasteiger charge is -2.06. The van der Waals surface area contributed by atoms with Gasteiger partial charge in [-0.2, -0.15) is 0 Å². The summed E-state index contributed by atoms with van der Waals surface area (Å²) in [7, 11) is 0. The average Bonchev–Trinajstić information content (AvgIpc) is 2.99. The molecule has 0 radical (unpaired) electrons. The number of nitrogen functional groups attached to an aromatic ring is 1. The summed E-state index contributed by atoms with van der Waals surface area (Å²) in [6.07, 6.45) is 3.64. The summed E-state index contributed by atoms with van der Waals surface area (Å²) in [5.41, 5.74) is 8.56. The lowest BCUT2D eigenvalue weighted by Crippen LogP contribution is -2.04. The number of benzene rings is 1. The number of anilines is 1. The first-order chi connectivity index (χ1) is 9.28.